The fourth-order valence-electron chi connectivity index (χ4n) is 5.15. The Morgan fingerprint density at radius 2 is 1.93 bits per heavy atom. The van der Waals surface area contributed by atoms with Crippen molar-refractivity contribution >= 4 is 11.8 Å². The maximum Gasteiger partial charge on any atom is 0.232 e. The topological polar surface area (TPSA) is 58.6 Å². The van der Waals surface area contributed by atoms with Crippen molar-refractivity contribution < 1.29 is 14.3 Å². The Kier molecular flexibility index (Phi) is 5.66. The van der Waals surface area contributed by atoms with Crippen LogP contribution in [0.3, 0.4) is 0 Å². The van der Waals surface area contributed by atoms with E-state index >= 15 is 0 Å². The summed E-state index contributed by atoms with van der Waals surface area (Å²) in [6, 6.07) is 8.17. The molecule has 5 heteroatoms. The van der Waals surface area contributed by atoms with E-state index in [1.54, 1.807) is 0 Å². The molecule has 1 saturated carbocycles. The van der Waals surface area contributed by atoms with Gasteiger partial charge in [0.2, 0.25) is 11.8 Å². The lowest BCUT2D eigenvalue weighted by Gasteiger charge is -2.44. The van der Waals surface area contributed by atoms with E-state index in [1.807, 2.05) is 43.0 Å². The van der Waals surface area contributed by atoms with Gasteiger partial charge in [0.1, 0.15) is 5.75 Å². The monoisotopic (exact) mass is 396 g/mol. The predicted molar refractivity (Wildman–Crippen MR) is 112 cm³/mol. The van der Waals surface area contributed by atoms with Gasteiger partial charge in [0, 0.05) is 24.7 Å². The van der Waals surface area contributed by atoms with Crippen LogP contribution < -0.4 is 10.1 Å². The van der Waals surface area contributed by atoms with Gasteiger partial charge in [0.25, 0.3) is 0 Å². The van der Waals surface area contributed by atoms with Crippen molar-refractivity contribution in [2.24, 2.45) is 5.41 Å². The fourth-order valence-corrected chi connectivity index (χ4v) is 5.15. The minimum atomic E-state index is -0.531. The standard InChI is InChI=1S/C24H32N2O3/c1-17(2)29-20-11-9-18(10-12-20)16-25-23(28)24-14-5-8-21(24)26(22(27)13-15-24)19-6-3-4-7-19/h8-12,17,19H,3-7,13-16H2,1-2H3,(H,25,28). The normalized spacial score (nSPS) is 24.6. The SMILES string of the molecule is CC(C)Oc1ccc(CNC(=O)C23CCC=C2N(C2CCCC2)C(=O)CC3)cc1. The van der Waals surface area contributed by atoms with Gasteiger partial charge in [-0.05, 0) is 63.6 Å². The lowest BCUT2D eigenvalue weighted by Crippen LogP contribution is -2.52. The summed E-state index contributed by atoms with van der Waals surface area (Å²) in [5.74, 6) is 1.11. The summed E-state index contributed by atoms with van der Waals surface area (Å²) in [6.07, 6.45) is 9.56. The van der Waals surface area contributed by atoms with Crippen LogP contribution >= 0.6 is 0 Å². The average molecular weight is 397 g/mol. The molecule has 3 aliphatic rings. The van der Waals surface area contributed by atoms with Crippen LogP contribution in [0.5, 0.6) is 5.75 Å². The minimum absolute atomic E-state index is 0.0688. The van der Waals surface area contributed by atoms with Gasteiger partial charge >= 0.3 is 0 Å². The number of rotatable bonds is 6. The largest absolute Gasteiger partial charge is 0.491 e. The molecule has 0 aromatic heterocycles. The number of carbonyl (C=O) groups is 2. The first-order valence-electron chi connectivity index (χ1n) is 11.1. The highest BCUT2D eigenvalue weighted by molar-refractivity contribution is 5.91. The number of fused-ring (bicyclic) bond motifs is 1. The summed E-state index contributed by atoms with van der Waals surface area (Å²) >= 11 is 0. The molecule has 1 unspecified atom stereocenters. The third kappa shape index (κ3) is 3.92. The van der Waals surface area contributed by atoms with Crippen LogP contribution in [0.4, 0.5) is 0 Å². The van der Waals surface area contributed by atoms with Crippen LogP contribution in [0.25, 0.3) is 0 Å². The maximum absolute atomic E-state index is 13.3. The van der Waals surface area contributed by atoms with Crippen molar-refractivity contribution in [3.63, 3.8) is 0 Å². The molecule has 29 heavy (non-hydrogen) atoms. The summed E-state index contributed by atoms with van der Waals surface area (Å²) in [4.78, 5) is 28.1. The molecule has 2 amide bonds. The number of piperidine rings is 1. The molecule has 1 aromatic rings. The smallest absolute Gasteiger partial charge is 0.232 e. The first kappa shape index (κ1) is 20.0. The van der Waals surface area contributed by atoms with Crippen molar-refractivity contribution in [2.75, 3.05) is 0 Å². The second kappa shape index (κ2) is 8.21. The summed E-state index contributed by atoms with van der Waals surface area (Å²) in [7, 11) is 0. The molecule has 0 spiro atoms. The Morgan fingerprint density at radius 1 is 1.21 bits per heavy atom. The number of hydrogen-bond donors (Lipinski definition) is 1. The Balaban J connectivity index is 1.44. The zero-order valence-electron chi connectivity index (χ0n) is 17.6. The summed E-state index contributed by atoms with van der Waals surface area (Å²) < 4.78 is 5.68. The number of ether oxygens (including phenoxy) is 1. The lowest BCUT2D eigenvalue weighted by atomic mass is 9.75. The number of carbonyl (C=O) groups excluding carboxylic acids is 2. The van der Waals surface area contributed by atoms with Gasteiger partial charge in [0.05, 0.1) is 11.5 Å². The first-order valence-corrected chi connectivity index (χ1v) is 11.1. The van der Waals surface area contributed by atoms with E-state index in [0.29, 0.717) is 19.4 Å². The van der Waals surface area contributed by atoms with Crippen LogP contribution in [-0.4, -0.2) is 28.9 Å². The van der Waals surface area contributed by atoms with Crippen molar-refractivity contribution in [2.45, 2.75) is 83.9 Å². The number of allylic oxidation sites excluding steroid dienone is 1. The summed E-state index contributed by atoms with van der Waals surface area (Å²) in [5.41, 5.74) is 1.50. The van der Waals surface area contributed by atoms with E-state index in [1.165, 1.54) is 12.8 Å². The molecule has 1 heterocycles. The van der Waals surface area contributed by atoms with Crippen molar-refractivity contribution in [3.8, 4) is 5.75 Å². The molecule has 1 saturated heterocycles. The first-order chi connectivity index (χ1) is 14.0. The van der Waals surface area contributed by atoms with E-state index < -0.39 is 5.41 Å². The predicted octanol–water partition coefficient (Wildman–Crippen LogP) is 4.32. The number of likely N-dealkylation sites (tertiary alicyclic amines) is 1. The summed E-state index contributed by atoms with van der Waals surface area (Å²) in [5, 5.41) is 3.16. The van der Waals surface area contributed by atoms with Gasteiger partial charge in [-0.25, -0.2) is 0 Å². The molecule has 0 bridgehead atoms. The van der Waals surface area contributed by atoms with Crippen LogP contribution in [0.2, 0.25) is 0 Å². The Hall–Kier alpha value is -2.30. The number of nitrogens with one attached hydrogen (secondary N) is 1. The Morgan fingerprint density at radius 3 is 2.62 bits per heavy atom. The summed E-state index contributed by atoms with van der Waals surface area (Å²) in [6.45, 7) is 4.50. The van der Waals surface area contributed by atoms with Crippen molar-refractivity contribution in [1.29, 1.82) is 0 Å². The average Bonchev–Trinajstić information content (AvgIpc) is 3.37. The molecule has 2 fully saturated rings. The van der Waals surface area contributed by atoms with E-state index in [9.17, 15) is 9.59 Å². The molecule has 1 atom stereocenters. The van der Waals surface area contributed by atoms with Crippen LogP contribution in [0, 0.1) is 5.41 Å². The fraction of sp³-hybridized carbons (Fsp3) is 0.583. The van der Waals surface area contributed by atoms with E-state index in [-0.39, 0.29) is 24.0 Å². The molecular weight excluding hydrogens is 364 g/mol. The zero-order chi connectivity index (χ0) is 20.4. The molecule has 2 aliphatic carbocycles. The van der Waals surface area contributed by atoms with E-state index in [4.69, 9.17) is 4.74 Å². The lowest BCUT2D eigenvalue weighted by molar-refractivity contribution is -0.141. The maximum atomic E-state index is 13.3. The number of hydrogen-bond acceptors (Lipinski definition) is 3. The zero-order valence-corrected chi connectivity index (χ0v) is 17.6. The highest BCUT2D eigenvalue weighted by Crippen LogP contribution is 2.50. The molecule has 1 aromatic carbocycles. The highest BCUT2D eigenvalue weighted by Gasteiger charge is 2.52. The van der Waals surface area contributed by atoms with Crippen LogP contribution in [-0.2, 0) is 16.1 Å². The number of benzene rings is 1. The number of nitrogens with zero attached hydrogens (tertiary/aromatic N) is 1. The van der Waals surface area contributed by atoms with Crippen molar-refractivity contribution in [1.82, 2.24) is 10.2 Å². The molecule has 0 radical (unpaired) electrons. The Bertz CT molecular complexity index is 793. The Labute approximate surface area is 173 Å². The minimum Gasteiger partial charge on any atom is -0.491 e. The van der Waals surface area contributed by atoms with E-state index in [2.05, 4.69) is 11.4 Å². The van der Waals surface area contributed by atoms with E-state index in [0.717, 1.165) is 42.7 Å². The second-order valence-electron chi connectivity index (χ2n) is 8.91. The van der Waals surface area contributed by atoms with Gasteiger partial charge in [-0.1, -0.05) is 31.1 Å². The van der Waals surface area contributed by atoms with Gasteiger partial charge < -0.3 is 15.0 Å². The highest BCUT2D eigenvalue weighted by atomic mass is 16.5. The molecule has 4 rings (SSSR count). The van der Waals surface area contributed by atoms with Crippen LogP contribution in [0.15, 0.2) is 36.0 Å². The van der Waals surface area contributed by atoms with Crippen LogP contribution in [0.1, 0.15) is 70.8 Å². The third-order valence-corrected chi connectivity index (χ3v) is 6.57. The molecular formula is C24H32N2O3. The van der Waals surface area contributed by atoms with Gasteiger partial charge in [-0.15, -0.1) is 0 Å². The van der Waals surface area contributed by atoms with Gasteiger partial charge in [-0.2, -0.15) is 0 Å². The molecule has 1 N–H and O–H groups in total. The molecule has 156 valence electrons. The second-order valence-corrected chi connectivity index (χ2v) is 8.91. The molecule has 1 aliphatic heterocycles. The van der Waals surface area contributed by atoms with Gasteiger partial charge in [0.15, 0.2) is 0 Å². The quantitative estimate of drug-likeness (QED) is 0.779. The van der Waals surface area contributed by atoms with Gasteiger partial charge in [-0.3, -0.25) is 9.59 Å². The van der Waals surface area contributed by atoms with Crippen molar-refractivity contribution in [3.05, 3.63) is 41.6 Å². The molecule has 5 nitrogen and oxygen atoms in total. The number of amides is 2. The third-order valence-electron chi connectivity index (χ3n) is 6.57.